The smallest absolute Gasteiger partial charge is 0.118 e. The Morgan fingerprint density at radius 1 is 1.24 bits per heavy atom. The average Bonchev–Trinajstić information content (AvgIpc) is 2.36. The lowest BCUT2D eigenvalue weighted by atomic mass is 9.94. The molecule has 3 N–H and O–H groups in total. The van der Waals surface area contributed by atoms with Gasteiger partial charge in [-0.25, -0.2) is 0 Å². The van der Waals surface area contributed by atoms with E-state index in [9.17, 15) is 0 Å². The minimum Gasteiger partial charge on any atom is -0.497 e. The van der Waals surface area contributed by atoms with E-state index in [1.54, 1.807) is 14.2 Å². The zero-order chi connectivity index (χ0) is 12.9. The maximum atomic E-state index is 5.60. The average molecular weight is 238 g/mol. The van der Waals surface area contributed by atoms with E-state index in [2.05, 4.69) is 5.43 Å². The van der Waals surface area contributed by atoms with Crippen molar-refractivity contribution in [2.75, 3.05) is 14.2 Å². The van der Waals surface area contributed by atoms with E-state index in [0.717, 1.165) is 17.7 Å². The molecule has 1 rings (SSSR count). The molecule has 0 saturated carbocycles. The maximum absolute atomic E-state index is 5.60. The molecular weight excluding hydrogens is 216 g/mol. The van der Waals surface area contributed by atoms with Crippen LogP contribution in [0.15, 0.2) is 24.3 Å². The molecular formula is C13H22N2O2. The second-order valence-corrected chi connectivity index (χ2v) is 4.66. The quantitative estimate of drug-likeness (QED) is 0.588. The summed E-state index contributed by atoms with van der Waals surface area (Å²) in [4.78, 5) is 0. The number of benzene rings is 1. The molecule has 0 heterocycles. The van der Waals surface area contributed by atoms with Crippen LogP contribution in [0.3, 0.4) is 0 Å². The van der Waals surface area contributed by atoms with Gasteiger partial charge in [0.25, 0.3) is 0 Å². The van der Waals surface area contributed by atoms with Gasteiger partial charge in [-0.05, 0) is 38.0 Å². The molecule has 1 unspecified atom stereocenters. The molecule has 4 heteroatoms. The van der Waals surface area contributed by atoms with Crippen LogP contribution in [0.25, 0.3) is 0 Å². The van der Waals surface area contributed by atoms with Gasteiger partial charge in [-0.2, -0.15) is 0 Å². The number of hydrazine groups is 1. The van der Waals surface area contributed by atoms with E-state index < -0.39 is 0 Å². The monoisotopic (exact) mass is 238 g/mol. The van der Waals surface area contributed by atoms with Crippen LogP contribution in [0, 0.1) is 0 Å². The predicted octanol–water partition coefficient (Wildman–Crippen LogP) is 2.01. The molecule has 4 nitrogen and oxygen atoms in total. The second kappa shape index (κ2) is 6.00. The number of nitrogens with one attached hydrogen (secondary N) is 1. The normalized spacial score (nSPS) is 13.5. The van der Waals surface area contributed by atoms with Gasteiger partial charge in [0, 0.05) is 13.2 Å². The minimum atomic E-state index is -0.211. The number of hydrogen-bond acceptors (Lipinski definition) is 4. The number of hydrogen-bond donors (Lipinski definition) is 2. The molecule has 0 fully saturated rings. The molecule has 0 spiro atoms. The Morgan fingerprint density at radius 2 is 1.82 bits per heavy atom. The van der Waals surface area contributed by atoms with Gasteiger partial charge in [0.1, 0.15) is 5.75 Å². The van der Waals surface area contributed by atoms with E-state index in [0.29, 0.717) is 0 Å². The number of ether oxygens (including phenoxy) is 2. The first-order valence-corrected chi connectivity index (χ1v) is 5.67. The molecule has 1 atom stereocenters. The molecule has 0 saturated heterocycles. The van der Waals surface area contributed by atoms with Crippen molar-refractivity contribution in [2.45, 2.75) is 31.9 Å². The SMILES string of the molecule is COc1ccc(C(CC(C)(C)OC)NN)cc1. The standard InChI is InChI=1S/C13H22N2O2/c1-13(2,17-4)9-12(15-14)10-5-7-11(16-3)8-6-10/h5-8,12,15H,9,14H2,1-4H3. The molecule has 0 aliphatic rings. The molecule has 0 aromatic heterocycles. The summed E-state index contributed by atoms with van der Waals surface area (Å²) in [7, 11) is 3.36. The third-order valence-corrected chi connectivity index (χ3v) is 2.97. The molecule has 1 aromatic carbocycles. The minimum absolute atomic E-state index is 0.0656. The van der Waals surface area contributed by atoms with Crippen LogP contribution in [0.2, 0.25) is 0 Å². The summed E-state index contributed by atoms with van der Waals surface area (Å²) in [5.41, 5.74) is 3.74. The first-order valence-electron chi connectivity index (χ1n) is 5.67. The summed E-state index contributed by atoms with van der Waals surface area (Å²) in [6.07, 6.45) is 0.798. The fraction of sp³-hybridized carbons (Fsp3) is 0.538. The second-order valence-electron chi connectivity index (χ2n) is 4.66. The lowest BCUT2D eigenvalue weighted by Crippen LogP contribution is -2.35. The third kappa shape index (κ3) is 4.00. The van der Waals surface area contributed by atoms with Crippen molar-refractivity contribution >= 4 is 0 Å². The topological polar surface area (TPSA) is 56.5 Å². The molecule has 0 aliphatic heterocycles. The summed E-state index contributed by atoms with van der Waals surface area (Å²) in [6, 6.07) is 7.94. The molecule has 0 aliphatic carbocycles. The fourth-order valence-electron chi connectivity index (χ4n) is 1.68. The van der Waals surface area contributed by atoms with Crippen LogP contribution in [0.4, 0.5) is 0 Å². The van der Waals surface area contributed by atoms with E-state index in [1.807, 2.05) is 38.1 Å². The highest BCUT2D eigenvalue weighted by molar-refractivity contribution is 5.29. The van der Waals surface area contributed by atoms with E-state index in [-0.39, 0.29) is 11.6 Å². The first kappa shape index (κ1) is 14.0. The third-order valence-electron chi connectivity index (χ3n) is 2.97. The van der Waals surface area contributed by atoms with Crippen molar-refractivity contribution in [1.82, 2.24) is 5.43 Å². The van der Waals surface area contributed by atoms with Crippen molar-refractivity contribution < 1.29 is 9.47 Å². The summed E-state index contributed by atoms with van der Waals surface area (Å²) in [6.45, 7) is 4.09. The molecule has 0 radical (unpaired) electrons. The Morgan fingerprint density at radius 3 is 2.24 bits per heavy atom. The number of methoxy groups -OCH3 is 2. The van der Waals surface area contributed by atoms with E-state index >= 15 is 0 Å². The zero-order valence-corrected chi connectivity index (χ0v) is 11.0. The number of nitrogens with two attached hydrogens (primary N) is 1. The van der Waals surface area contributed by atoms with Crippen molar-refractivity contribution in [2.24, 2.45) is 5.84 Å². The Balaban J connectivity index is 2.79. The van der Waals surface area contributed by atoms with Crippen molar-refractivity contribution in [3.05, 3.63) is 29.8 Å². The lowest BCUT2D eigenvalue weighted by Gasteiger charge is -2.28. The van der Waals surface area contributed by atoms with Gasteiger partial charge in [-0.3, -0.25) is 11.3 Å². The van der Waals surface area contributed by atoms with Crippen LogP contribution in [0.1, 0.15) is 31.9 Å². The highest BCUT2D eigenvalue weighted by Crippen LogP contribution is 2.26. The first-order chi connectivity index (χ1) is 8.02. The van der Waals surface area contributed by atoms with Crippen LogP contribution in [0.5, 0.6) is 5.75 Å². The molecule has 0 bridgehead atoms. The maximum Gasteiger partial charge on any atom is 0.118 e. The van der Waals surface area contributed by atoms with Gasteiger partial charge in [0.15, 0.2) is 0 Å². The number of rotatable bonds is 6. The van der Waals surface area contributed by atoms with Crippen LogP contribution in [-0.2, 0) is 4.74 Å². The zero-order valence-electron chi connectivity index (χ0n) is 11.0. The van der Waals surface area contributed by atoms with E-state index in [1.165, 1.54) is 0 Å². The molecule has 17 heavy (non-hydrogen) atoms. The summed E-state index contributed by atoms with van der Waals surface area (Å²) in [5, 5.41) is 0. The van der Waals surface area contributed by atoms with Gasteiger partial charge in [0.05, 0.1) is 12.7 Å². The van der Waals surface area contributed by atoms with Crippen LogP contribution < -0.4 is 16.0 Å². The van der Waals surface area contributed by atoms with Gasteiger partial charge in [0.2, 0.25) is 0 Å². The Kier molecular flexibility index (Phi) is 4.93. The van der Waals surface area contributed by atoms with Crippen LogP contribution >= 0.6 is 0 Å². The Labute approximate surface area is 103 Å². The Bertz CT molecular complexity index is 336. The summed E-state index contributed by atoms with van der Waals surface area (Å²) >= 11 is 0. The van der Waals surface area contributed by atoms with Crippen molar-refractivity contribution in [3.63, 3.8) is 0 Å². The fourth-order valence-corrected chi connectivity index (χ4v) is 1.68. The lowest BCUT2D eigenvalue weighted by molar-refractivity contribution is 0.00681. The molecule has 1 aromatic rings. The van der Waals surface area contributed by atoms with Crippen LogP contribution in [-0.4, -0.2) is 19.8 Å². The van der Waals surface area contributed by atoms with Crippen molar-refractivity contribution in [1.29, 1.82) is 0 Å². The van der Waals surface area contributed by atoms with E-state index in [4.69, 9.17) is 15.3 Å². The van der Waals surface area contributed by atoms with Gasteiger partial charge >= 0.3 is 0 Å². The van der Waals surface area contributed by atoms with Gasteiger partial charge in [-0.1, -0.05) is 12.1 Å². The van der Waals surface area contributed by atoms with Crippen molar-refractivity contribution in [3.8, 4) is 5.75 Å². The predicted molar refractivity (Wildman–Crippen MR) is 68.8 cm³/mol. The largest absolute Gasteiger partial charge is 0.497 e. The molecule has 0 amide bonds. The van der Waals surface area contributed by atoms with Gasteiger partial charge < -0.3 is 9.47 Å². The highest BCUT2D eigenvalue weighted by atomic mass is 16.5. The summed E-state index contributed by atoms with van der Waals surface area (Å²) in [5.74, 6) is 6.44. The van der Waals surface area contributed by atoms with Gasteiger partial charge in [-0.15, -0.1) is 0 Å². The molecule has 96 valence electrons. The highest BCUT2D eigenvalue weighted by Gasteiger charge is 2.23. The summed E-state index contributed by atoms with van der Waals surface area (Å²) < 4.78 is 10.5. The Hall–Kier alpha value is -1.10.